The van der Waals surface area contributed by atoms with Crippen molar-refractivity contribution in [1.29, 1.82) is 0 Å². The fourth-order valence-corrected chi connectivity index (χ4v) is 5.62. The molecule has 6 rings (SSSR count). The number of hydrogen-bond acceptors (Lipinski definition) is 3. The van der Waals surface area contributed by atoms with Gasteiger partial charge in [-0.1, -0.05) is 67.8 Å². The van der Waals surface area contributed by atoms with Crippen LogP contribution in [-0.4, -0.2) is 17.5 Å². The van der Waals surface area contributed by atoms with E-state index in [2.05, 4.69) is 68.6 Å². The predicted octanol–water partition coefficient (Wildman–Crippen LogP) is 7.39. The van der Waals surface area contributed by atoms with E-state index in [1.807, 2.05) is 18.2 Å². The van der Waals surface area contributed by atoms with Crippen molar-refractivity contribution < 1.29 is 4.42 Å². The highest BCUT2D eigenvalue weighted by Gasteiger charge is 2.31. The number of nitrogens with zero attached hydrogens (tertiary/aromatic N) is 2. The van der Waals surface area contributed by atoms with E-state index in [0.29, 0.717) is 5.92 Å². The summed E-state index contributed by atoms with van der Waals surface area (Å²) in [5, 5.41) is 2.29. The molecule has 4 aromatic rings. The molecular formula is C30H26N2O. The van der Waals surface area contributed by atoms with Crippen LogP contribution in [0.2, 0.25) is 0 Å². The molecule has 0 bridgehead atoms. The summed E-state index contributed by atoms with van der Waals surface area (Å²) in [7, 11) is 0. The number of fused-ring (bicyclic) bond motifs is 8. The standard InChI is InChI=1S/C30H26N2O/c1-4-26-22-10-6-5-9-21(22)23-15-13-20-14-16-25-24-11-7-8-12-28(24)33-30(25)29(20)19(3)31-18(2)17-27(23)32-26/h4-12,14,16,23,27H,1-2,13,15,17H2,3H3/b31-19-. The first-order valence-electron chi connectivity index (χ1n) is 11.6. The minimum Gasteiger partial charge on any atom is -0.455 e. The molecule has 2 aliphatic heterocycles. The summed E-state index contributed by atoms with van der Waals surface area (Å²) < 4.78 is 6.37. The van der Waals surface area contributed by atoms with Gasteiger partial charge in [0, 0.05) is 45.6 Å². The highest BCUT2D eigenvalue weighted by atomic mass is 16.3. The molecule has 0 saturated carbocycles. The van der Waals surface area contributed by atoms with Gasteiger partial charge in [-0.05, 0) is 43.0 Å². The SMILES string of the molecule is C=CC1=NC2CC(=C)/N=C(/C)c3c(ccc4c3oc3ccccc34)CCC2c2ccccc21. The third-order valence-electron chi connectivity index (χ3n) is 7.09. The Kier molecular flexibility index (Phi) is 4.65. The first kappa shape index (κ1) is 19.9. The van der Waals surface area contributed by atoms with Crippen LogP contribution in [0.3, 0.4) is 0 Å². The summed E-state index contributed by atoms with van der Waals surface area (Å²) in [4.78, 5) is 10.1. The average molecular weight is 431 g/mol. The first-order valence-corrected chi connectivity index (χ1v) is 11.6. The van der Waals surface area contributed by atoms with E-state index in [1.54, 1.807) is 0 Å². The van der Waals surface area contributed by atoms with E-state index in [0.717, 1.165) is 63.9 Å². The smallest absolute Gasteiger partial charge is 0.144 e. The molecule has 3 nitrogen and oxygen atoms in total. The van der Waals surface area contributed by atoms with Crippen molar-refractivity contribution >= 4 is 33.4 Å². The molecule has 3 heterocycles. The summed E-state index contributed by atoms with van der Waals surface area (Å²) in [5.74, 6) is 0.314. The lowest BCUT2D eigenvalue weighted by atomic mass is 9.78. The second kappa shape index (κ2) is 7.70. The second-order valence-electron chi connectivity index (χ2n) is 9.06. The van der Waals surface area contributed by atoms with Gasteiger partial charge in [0.2, 0.25) is 0 Å². The molecule has 0 saturated heterocycles. The minimum atomic E-state index is 0.119. The fraction of sp³-hybridized carbons (Fsp3) is 0.200. The second-order valence-corrected chi connectivity index (χ2v) is 9.06. The van der Waals surface area contributed by atoms with Crippen molar-refractivity contribution in [2.75, 3.05) is 0 Å². The van der Waals surface area contributed by atoms with Crippen molar-refractivity contribution in [3.63, 3.8) is 0 Å². The molecule has 0 spiro atoms. The Bertz CT molecular complexity index is 1500. The third-order valence-corrected chi connectivity index (χ3v) is 7.09. The highest BCUT2D eigenvalue weighted by Crippen LogP contribution is 2.40. The molecule has 0 aliphatic carbocycles. The number of benzene rings is 3. The van der Waals surface area contributed by atoms with Crippen LogP contribution in [0.4, 0.5) is 0 Å². The van der Waals surface area contributed by atoms with Crippen LogP contribution in [0.25, 0.3) is 21.9 Å². The Hall–Kier alpha value is -3.72. The monoisotopic (exact) mass is 430 g/mol. The molecule has 0 amide bonds. The van der Waals surface area contributed by atoms with E-state index < -0.39 is 0 Å². The number of para-hydroxylation sites is 1. The zero-order valence-electron chi connectivity index (χ0n) is 18.8. The maximum atomic E-state index is 6.37. The molecule has 2 aliphatic rings. The Morgan fingerprint density at radius 1 is 1.00 bits per heavy atom. The largest absolute Gasteiger partial charge is 0.455 e. The van der Waals surface area contributed by atoms with Gasteiger partial charge in [-0.2, -0.15) is 0 Å². The minimum absolute atomic E-state index is 0.119. The normalized spacial score (nSPS) is 22.0. The molecule has 3 aromatic carbocycles. The lowest BCUT2D eigenvalue weighted by Crippen LogP contribution is -2.27. The summed E-state index contributed by atoms with van der Waals surface area (Å²) in [6, 6.07) is 21.4. The number of aliphatic imine (C=N–C) groups is 2. The van der Waals surface area contributed by atoms with E-state index in [4.69, 9.17) is 14.4 Å². The van der Waals surface area contributed by atoms with Crippen LogP contribution in [0.15, 0.2) is 100.0 Å². The lowest BCUT2D eigenvalue weighted by Gasteiger charge is -2.32. The molecule has 0 N–H and O–H groups in total. The number of rotatable bonds is 1. The van der Waals surface area contributed by atoms with Crippen LogP contribution in [0.5, 0.6) is 0 Å². The van der Waals surface area contributed by atoms with Gasteiger partial charge in [0.25, 0.3) is 0 Å². The van der Waals surface area contributed by atoms with Crippen LogP contribution in [0, 0.1) is 0 Å². The molecule has 3 heteroatoms. The Morgan fingerprint density at radius 3 is 2.70 bits per heavy atom. The van der Waals surface area contributed by atoms with Gasteiger partial charge in [-0.25, -0.2) is 0 Å². The topological polar surface area (TPSA) is 37.9 Å². The van der Waals surface area contributed by atoms with Crippen LogP contribution >= 0.6 is 0 Å². The van der Waals surface area contributed by atoms with Gasteiger partial charge in [-0.3, -0.25) is 9.98 Å². The lowest BCUT2D eigenvalue weighted by molar-refractivity contribution is 0.490. The maximum Gasteiger partial charge on any atom is 0.144 e. The van der Waals surface area contributed by atoms with Crippen LogP contribution in [0.1, 0.15) is 47.9 Å². The molecular weight excluding hydrogens is 404 g/mol. The summed E-state index contributed by atoms with van der Waals surface area (Å²) in [6.07, 6.45) is 4.56. The van der Waals surface area contributed by atoms with Crippen molar-refractivity contribution in [3.8, 4) is 0 Å². The predicted molar refractivity (Wildman–Crippen MR) is 138 cm³/mol. The van der Waals surface area contributed by atoms with Gasteiger partial charge < -0.3 is 4.42 Å². The Balaban J connectivity index is 1.52. The Labute approximate surface area is 193 Å². The number of hydrogen-bond donors (Lipinski definition) is 0. The number of furan rings is 1. The van der Waals surface area contributed by atoms with Gasteiger partial charge >= 0.3 is 0 Å². The summed E-state index contributed by atoms with van der Waals surface area (Å²) in [5.41, 5.74) is 9.57. The molecule has 2 unspecified atom stereocenters. The van der Waals surface area contributed by atoms with Crippen LogP contribution in [-0.2, 0) is 6.42 Å². The summed E-state index contributed by atoms with van der Waals surface area (Å²) in [6.45, 7) is 10.4. The zero-order valence-corrected chi connectivity index (χ0v) is 18.8. The van der Waals surface area contributed by atoms with E-state index in [1.165, 1.54) is 16.7 Å². The fourth-order valence-electron chi connectivity index (χ4n) is 5.62. The number of aryl methyl sites for hydroxylation is 1. The molecule has 33 heavy (non-hydrogen) atoms. The van der Waals surface area contributed by atoms with Crippen LogP contribution < -0.4 is 0 Å². The van der Waals surface area contributed by atoms with Gasteiger partial charge in [0.1, 0.15) is 11.2 Å². The average Bonchev–Trinajstić information content (AvgIpc) is 3.20. The van der Waals surface area contributed by atoms with Crippen molar-refractivity contribution in [1.82, 2.24) is 0 Å². The molecule has 2 atom stereocenters. The van der Waals surface area contributed by atoms with Crippen molar-refractivity contribution in [2.45, 2.75) is 38.1 Å². The van der Waals surface area contributed by atoms with Crippen molar-refractivity contribution in [2.24, 2.45) is 9.98 Å². The van der Waals surface area contributed by atoms with Gasteiger partial charge in [0.15, 0.2) is 0 Å². The maximum absolute atomic E-state index is 6.37. The van der Waals surface area contributed by atoms with E-state index in [9.17, 15) is 0 Å². The van der Waals surface area contributed by atoms with Crippen molar-refractivity contribution in [3.05, 3.63) is 108 Å². The summed E-state index contributed by atoms with van der Waals surface area (Å²) >= 11 is 0. The quantitative estimate of drug-likeness (QED) is 0.310. The zero-order chi connectivity index (χ0) is 22.5. The van der Waals surface area contributed by atoms with Gasteiger partial charge in [0.05, 0.1) is 11.8 Å². The molecule has 162 valence electrons. The molecule has 0 radical (unpaired) electrons. The highest BCUT2D eigenvalue weighted by molar-refractivity contribution is 6.15. The van der Waals surface area contributed by atoms with Gasteiger partial charge in [-0.15, -0.1) is 0 Å². The number of allylic oxidation sites excluding steroid dienone is 1. The third kappa shape index (κ3) is 3.19. The molecule has 0 fully saturated rings. The van der Waals surface area contributed by atoms with E-state index >= 15 is 0 Å². The van der Waals surface area contributed by atoms with E-state index in [-0.39, 0.29) is 6.04 Å². The molecule has 1 aromatic heterocycles. The first-order chi connectivity index (χ1) is 16.1. The Morgan fingerprint density at radius 2 is 1.82 bits per heavy atom.